The van der Waals surface area contributed by atoms with E-state index in [2.05, 4.69) is 0 Å². The first kappa shape index (κ1) is 60.6. The maximum absolute atomic E-state index is 13.5. The van der Waals surface area contributed by atoms with E-state index < -0.39 is 156 Å². The molecule has 6 aromatic rings. The number of benzene rings is 4. The van der Waals surface area contributed by atoms with Crippen molar-refractivity contribution in [1.82, 2.24) is 0 Å². The maximum Gasteiger partial charge on any atom is 0.308 e. The van der Waals surface area contributed by atoms with Crippen LogP contribution in [0, 0.1) is 0 Å². The molecular weight excluding hydrogens is 1110 g/mol. The fraction of sp³-hybridized carbons (Fsp3) is 0.407. The largest absolute Gasteiger partial charge is 0.504 e. The normalized spacial score (nSPS) is 23.2. The minimum Gasteiger partial charge on any atom is -0.504 e. The van der Waals surface area contributed by atoms with Gasteiger partial charge in [-0.05, 0) is 43.3 Å². The fourth-order valence-corrected chi connectivity index (χ4v) is 9.20. The molecule has 4 aromatic carbocycles. The van der Waals surface area contributed by atoms with Gasteiger partial charge in [0.2, 0.25) is 47.1 Å². The molecule has 0 aliphatic carbocycles. The van der Waals surface area contributed by atoms with Crippen LogP contribution in [0.4, 0.5) is 0 Å². The summed E-state index contributed by atoms with van der Waals surface area (Å²) in [5.41, 5.74) is -3.97. The van der Waals surface area contributed by atoms with E-state index in [0.29, 0.717) is 0 Å². The van der Waals surface area contributed by atoms with Crippen molar-refractivity contribution in [2.45, 2.75) is 86.8 Å². The third kappa shape index (κ3) is 11.9. The molecule has 0 radical (unpaired) electrons. The Kier molecular flexibility index (Phi) is 17.9. The van der Waals surface area contributed by atoms with Crippen molar-refractivity contribution in [3.63, 3.8) is 0 Å². The van der Waals surface area contributed by atoms with E-state index in [4.69, 9.17) is 65.7 Å². The Morgan fingerprint density at radius 3 is 1.42 bits per heavy atom. The second kappa shape index (κ2) is 24.5. The van der Waals surface area contributed by atoms with Crippen molar-refractivity contribution in [3.8, 4) is 91.6 Å². The number of phenols is 4. The monoisotopic (exact) mass is 1170 g/mol. The number of esters is 2. The van der Waals surface area contributed by atoms with E-state index in [1.54, 1.807) is 0 Å². The van der Waals surface area contributed by atoms with Gasteiger partial charge >= 0.3 is 11.9 Å². The number of phenolic OH excluding ortho intramolecular Hbond substituents is 4. The first-order valence-electron chi connectivity index (χ1n) is 24.8. The SMILES string of the molecule is COc1cc(-c2cc(=O)c3c(O)c(OC)c(O[C@@H]4O[C@H](COC(=O)CC(C)(O)CC(=O)OC[C@H]5O[C@@H](Oc6ccc(-c7cc(=O)c8c(O)c(OC)c(O)c(OC)c8o7)cc6OC)[C@H](O)[C@@H](O)[C@@H]5O)[C@@H](O)[C@H](O)[C@H]4O)c(OC)c3o2)ccc1O. The van der Waals surface area contributed by atoms with Crippen LogP contribution in [0.2, 0.25) is 0 Å². The molecule has 11 atom stereocenters. The summed E-state index contributed by atoms with van der Waals surface area (Å²) < 4.78 is 77.3. The first-order valence-corrected chi connectivity index (χ1v) is 24.8. The number of hydrogen-bond donors (Lipinski definition) is 11. The first-order chi connectivity index (χ1) is 39.4. The molecule has 2 aromatic heterocycles. The van der Waals surface area contributed by atoms with Crippen molar-refractivity contribution in [2.75, 3.05) is 55.9 Å². The Balaban J connectivity index is 0.888. The standard InChI is InChI=1S/C54H58O29/c1-54(69,16-32(58)76-18-30-36(60)40(64)42(66)52(81-30)80-25-11-9-21(13-29(25)71-3)27-14-23(56)34-38(62)47(72-4)44(68)49(74-6)45(34)78-27)17-33(59)77-19-31-37(61)41(65)43(67)53(82-31)83-51-48(73-5)39(63)35-24(57)15-26(79-46(35)50(51)75-7)20-8-10-22(55)28(12-20)70-2/h8-15,30-31,36-37,40-43,52-53,55,60-69H,16-19H2,1-7H3/t30-,31-,36-,37-,40+,41+,42-,43-,52-,53+,54?/m1/s1. The van der Waals surface area contributed by atoms with Gasteiger partial charge in [0.05, 0.1) is 61.1 Å². The summed E-state index contributed by atoms with van der Waals surface area (Å²) in [5, 5.41) is 118. The number of methoxy groups -OCH3 is 6. The number of fused-ring (bicyclic) bond motifs is 2. The summed E-state index contributed by atoms with van der Waals surface area (Å²) in [6, 6.07) is 10.2. The molecule has 4 heterocycles. The molecular formula is C54H58O29. The predicted octanol–water partition coefficient (Wildman–Crippen LogP) is 0.798. The molecule has 2 saturated heterocycles. The van der Waals surface area contributed by atoms with Gasteiger partial charge in [-0.2, -0.15) is 0 Å². The van der Waals surface area contributed by atoms with Crippen LogP contribution < -0.4 is 48.8 Å². The lowest BCUT2D eigenvalue weighted by molar-refractivity contribution is -0.279. The summed E-state index contributed by atoms with van der Waals surface area (Å²) in [6.45, 7) is -0.575. The molecule has 0 spiro atoms. The lowest BCUT2D eigenvalue weighted by atomic mass is 9.97. The molecule has 0 bridgehead atoms. The summed E-state index contributed by atoms with van der Waals surface area (Å²) in [7, 11) is 7.14. The highest BCUT2D eigenvalue weighted by molar-refractivity contribution is 5.96. The number of carbonyl (C=O) groups excluding carboxylic acids is 2. The highest BCUT2D eigenvalue weighted by atomic mass is 16.7. The quantitative estimate of drug-likeness (QED) is 0.0471. The molecule has 11 N–H and O–H groups in total. The molecule has 2 aliphatic rings. The van der Waals surface area contributed by atoms with Gasteiger partial charge in [-0.1, -0.05) is 0 Å². The summed E-state index contributed by atoms with van der Waals surface area (Å²) in [5.74, 6) is -7.12. The molecule has 0 amide bonds. The number of aromatic hydroxyl groups is 4. The van der Waals surface area contributed by atoms with Gasteiger partial charge < -0.3 is 122 Å². The lowest BCUT2D eigenvalue weighted by Crippen LogP contribution is -2.60. The van der Waals surface area contributed by atoms with E-state index in [-0.39, 0.29) is 73.7 Å². The highest BCUT2D eigenvalue weighted by Crippen LogP contribution is 2.52. The Bertz CT molecular complexity index is 3520. The molecule has 83 heavy (non-hydrogen) atoms. The Hall–Kier alpha value is -8.52. The van der Waals surface area contributed by atoms with E-state index in [0.717, 1.165) is 40.4 Å². The fourth-order valence-electron chi connectivity index (χ4n) is 9.20. The van der Waals surface area contributed by atoms with Crippen molar-refractivity contribution < 1.29 is 131 Å². The van der Waals surface area contributed by atoms with Gasteiger partial charge in [-0.15, -0.1) is 0 Å². The molecule has 2 aliphatic heterocycles. The number of aliphatic hydroxyl groups excluding tert-OH is 6. The molecule has 8 rings (SSSR count). The smallest absolute Gasteiger partial charge is 0.308 e. The van der Waals surface area contributed by atoms with Crippen molar-refractivity contribution in [2.24, 2.45) is 0 Å². The van der Waals surface area contributed by atoms with Gasteiger partial charge in [-0.25, -0.2) is 0 Å². The van der Waals surface area contributed by atoms with Gasteiger partial charge in [0.15, 0.2) is 56.5 Å². The van der Waals surface area contributed by atoms with Crippen LogP contribution in [-0.2, 0) is 28.5 Å². The van der Waals surface area contributed by atoms with Crippen LogP contribution >= 0.6 is 0 Å². The average Bonchev–Trinajstić information content (AvgIpc) is 3.56. The van der Waals surface area contributed by atoms with E-state index >= 15 is 0 Å². The third-order valence-electron chi connectivity index (χ3n) is 13.5. The van der Waals surface area contributed by atoms with Crippen molar-refractivity contribution in [3.05, 3.63) is 69.0 Å². The summed E-state index contributed by atoms with van der Waals surface area (Å²) in [4.78, 5) is 52.9. The van der Waals surface area contributed by atoms with Crippen LogP contribution in [0.3, 0.4) is 0 Å². The maximum atomic E-state index is 13.5. The van der Waals surface area contributed by atoms with Crippen LogP contribution in [-0.4, -0.2) is 191 Å². The molecule has 29 heteroatoms. The zero-order chi connectivity index (χ0) is 60.5. The average molecular weight is 1170 g/mol. The molecule has 29 nitrogen and oxygen atoms in total. The number of aliphatic hydroxyl groups is 7. The second-order valence-electron chi connectivity index (χ2n) is 19.1. The van der Waals surface area contributed by atoms with Gasteiger partial charge in [-0.3, -0.25) is 19.2 Å². The number of rotatable bonds is 20. The highest BCUT2D eigenvalue weighted by Gasteiger charge is 2.48. The Morgan fingerprint density at radius 1 is 0.494 bits per heavy atom. The van der Waals surface area contributed by atoms with Crippen LogP contribution in [0.25, 0.3) is 44.6 Å². The number of hydrogen-bond acceptors (Lipinski definition) is 29. The molecule has 2 fully saturated rings. The Labute approximate surface area is 467 Å². The van der Waals surface area contributed by atoms with Crippen LogP contribution in [0.15, 0.2) is 67.0 Å². The topological polar surface area (TPSA) is 428 Å². The summed E-state index contributed by atoms with van der Waals surface area (Å²) in [6.07, 6.45) is -20.4. The molecule has 448 valence electrons. The zero-order valence-corrected chi connectivity index (χ0v) is 45.0. The van der Waals surface area contributed by atoms with E-state index in [9.17, 15) is 75.3 Å². The van der Waals surface area contributed by atoms with Gasteiger partial charge in [0.1, 0.15) is 84.3 Å². The number of ether oxygens (including phenoxy) is 12. The molecule has 0 saturated carbocycles. The van der Waals surface area contributed by atoms with Crippen LogP contribution in [0.1, 0.15) is 19.8 Å². The van der Waals surface area contributed by atoms with Crippen molar-refractivity contribution >= 4 is 33.9 Å². The van der Waals surface area contributed by atoms with Gasteiger partial charge in [0, 0.05) is 23.3 Å². The van der Waals surface area contributed by atoms with E-state index in [1.165, 1.54) is 57.7 Å². The predicted molar refractivity (Wildman–Crippen MR) is 278 cm³/mol. The zero-order valence-electron chi connectivity index (χ0n) is 45.0. The van der Waals surface area contributed by atoms with E-state index in [1.807, 2.05) is 0 Å². The van der Waals surface area contributed by atoms with Crippen molar-refractivity contribution in [1.29, 1.82) is 0 Å². The lowest BCUT2D eigenvalue weighted by Gasteiger charge is -2.40. The third-order valence-corrected chi connectivity index (χ3v) is 13.5. The van der Waals surface area contributed by atoms with Gasteiger partial charge in [0.25, 0.3) is 0 Å². The minimum absolute atomic E-state index is 0.0382. The minimum atomic E-state index is -2.19. The number of carbonyl (C=O) groups is 2. The summed E-state index contributed by atoms with van der Waals surface area (Å²) >= 11 is 0. The molecule has 1 unspecified atom stereocenters. The second-order valence-corrected chi connectivity index (χ2v) is 19.1. The van der Waals surface area contributed by atoms with Crippen LogP contribution in [0.5, 0.6) is 69.0 Å². The Morgan fingerprint density at radius 2 is 0.940 bits per heavy atom.